The van der Waals surface area contributed by atoms with Crippen LogP contribution in [0.5, 0.6) is 0 Å². The highest BCUT2D eigenvalue weighted by atomic mass is 32.2. The molecule has 0 spiro atoms. The Balaban J connectivity index is 3.30. The van der Waals surface area contributed by atoms with Crippen LogP contribution in [0.15, 0.2) is 34.9 Å². The van der Waals surface area contributed by atoms with Crippen molar-refractivity contribution >= 4 is 17.0 Å². The Labute approximate surface area is 128 Å². The highest BCUT2D eigenvalue weighted by Gasteiger charge is 2.36. The molecule has 1 rings (SSSR count). The Bertz CT molecular complexity index is 540. The van der Waals surface area contributed by atoms with E-state index >= 15 is 0 Å². The van der Waals surface area contributed by atoms with Crippen molar-refractivity contribution in [3.8, 4) is 0 Å². The molecule has 0 aromatic carbocycles. The molecule has 0 heterocycles. The maximum absolute atomic E-state index is 11.6. The number of allylic oxidation sites excluding steroid dienone is 5. The first-order valence-corrected chi connectivity index (χ1v) is 8.14. The number of hydrogen-bond acceptors (Lipinski definition) is 3. The zero-order valence-corrected chi connectivity index (χ0v) is 14.0. The van der Waals surface area contributed by atoms with Crippen LogP contribution in [0.1, 0.15) is 41.0 Å². The van der Waals surface area contributed by atoms with Crippen LogP contribution in [-0.4, -0.2) is 25.1 Å². The van der Waals surface area contributed by atoms with E-state index in [-0.39, 0.29) is 5.92 Å². The fourth-order valence-corrected chi connectivity index (χ4v) is 3.68. The van der Waals surface area contributed by atoms with Crippen molar-refractivity contribution in [2.75, 3.05) is 0 Å². The number of carboxylic acids is 1. The minimum atomic E-state index is -2.24. The van der Waals surface area contributed by atoms with Crippen LogP contribution in [0.4, 0.5) is 0 Å². The van der Waals surface area contributed by atoms with Crippen molar-refractivity contribution in [1.29, 1.82) is 0 Å². The summed E-state index contributed by atoms with van der Waals surface area (Å²) >= 11 is -2.24. The second kappa shape index (κ2) is 6.71. The molecule has 1 aliphatic rings. The molecule has 2 unspecified atom stereocenters. The second-order valence-electron chi connectivity index (χ2n) is 6.04. The molecule has 1 N–H and O–H groups in total. The lowest BCUT2D eigenvalue weighted by molar-refractivity contribution is -0.146. The molecule has 0 aliphatic heterocycles. The summed E-state index contributed by atoms with van der Waals surface area (Å²) < 4.78 is 23.3. The molecule has 5 heteroatoms. The predicted molar refractivity (Wildman–Crippen MR) is 83.5 cm³/mol. The van der Waals surface area contributed by atoms with Crippen LogP contribution in [0.25, 0.3) is 0 Å². The van der Waals surface area contributed by atoms with Gasteiger partial charge in [-0.25, -0.2) is 0 Å². The van der Waals surface area contributed by atoms with E-state index < -0.39 is 27.7 Å². The van der Waals surface area contributed by atoms with E-state index in [4.69, 9.17) is 0 Å². The van der Waals surface area contributed by atoms with E-state index in [2.05, 4.69) is 0 Å². The summed E-state index contributed by atoms with van der Waals surface area (Å²) in [5.41, 5.74) is 1.60. The van der Waals surface area contributed by atoms with Gasteiger partial charge in [0, 0.05) is 0 Å². The summed E-state index contributed by atoms with van der Waals surface area (Å²) in [6, 6.07) is 0. The molecule has 0 radical (unpaired) electrons. The molecule has 0 saturated heterocycles. The second-order valence-corrected chi connectivity index (χ2v) is 7.07. The summed E-state index contributed by atoms with van der Waals surface area (Å²) in [7, 11) is 0. The molecule has 0 aromatic rings. The number of carboxylic acid groups (broad SMARTS) is 1. The summed E-state index contributed by atoms with van der Waals surface area (Å²) in [5, 5.41) is 8.66. The van der Waals surface area contributed by atoms with Gasteiger partial charge in [-0.1, -0.05) is 30.7 Å². The predicted octanol–water partition coefficient (Wildman–Crippen LogP) is 3.20. The number of aliphatic carboxylic acids is 1. The highest BCUT2D eigenvalue weighted by Crippen LogP contribution is 2.40. The molecule has 21 heavy (non-hydrogen) atoms. The normalized spacial score (nSPS) is 28.6. The lowest BCUT2D eigenvalue weighted by atomic mass is 9.75. The average molecular weight is 311 g/mol. The summed E-state index contributed by atoms with van der Waals surface area (Å²) in [5.74, 6) is -1.11. The molecule has 0 fully saturated rings. The molecule has 118 valence electrons. The summed E-state index contributed by atoms with van der Waals surface area (Å²) in [6.07, 6.45) is 5.97. The Morgan fingerprint density at radius 3 is 2.38 bits per heavy atom. The Kier molecular flexibility index (Phi) is 5.70. The largest absolute Gasteiger partial charge is 0.772 e. The van der Waals surface area contributed by atoms with Crippen molar-refractivity contribution in [2.45, 2.75) is 46.3 Å². The van der Waals surface area contributed by atoms with Crippen LogP contribution >= 0.6 is 0 Å². The van der Waals surface area contributed by atoms with Crippen LogP contribution < -0.4 is 0 Å². The van der Waals surface area contributed by atoms with Gasteiger partial charge in [0.15, 0.2) is 0 Å². The van der Waals surface area contributed by atoms with Gasteiger partial charge in [0.1, 0.15) is 0 Å². The molecule has 0 saturated carbocycles. The van der Waals surface area contributed by atoms with Crippen molar-refractivity contribution < 1.29 is 18.7 Å². The minimum Gasteiger partial charge on any atom is -0.772 e. The first-order valence-electron chi connectivity index (χ1n) is 7.00. The van der Waals surface area contributed by atoms with Gasteiger partial charge in [-0.15, -0.1) is 0 Å². The van der Waals surface area contributed by atoms with Crippen LogP contribution in [0.2, 0.25) is 0 Å². The fraction of sp³-hybridized carbons (Fsp3) is 0.562. The number of hydrogen-bond donors (Lipinski definition) is 1. The Morgan fingerprint density at radius 2 is 2.00 bits per heavy atom. The molecule has 3 atom stereocenters. The first kappa shape index (κ1) is 17.9. The van der Waals surface area contributed by atoms with Gasteiger partial charge in [0.2, 0.25) is 0 Å². The minimum absolute atomic E-state index is 0.225. The molecule has 0 aromatic heterocycles. The quantitative estimate of drug-likeness (QED) is 0.809. The van der Waals surface area contributed by atoms with E-state index in [9.17, 15) is 18.7 Å². The first-order chi connectivity index (χ1) is 9.65. The van der Waals surface area contributed by atoms with E-state index in [0.29, 0.717) is 6.42 Å². The Morgan fingerprint density at radius 1 is 1.43 bits per heavy atom. The molecule has 0 bridgehead atoms. The maximum atomic E-state index is 11.6. The van der Waals surface area contributed by atoms with Gasteiger partial charge in [-0.05, 0) is 62.3 Å². The monoisotopic (exact) mass is 311 g/mol. The zero-order valence-electron chi connectivity index (χ0n) is 13.2. The van der Waals surface area contributed by atoms with Crippen LogP contribution in [-0.2, 0) is 15.9 Å². The van der Waals surface area contributed by atoms with Crippen molar-refractivity contribution in [3.63, 3.8) is 0 Å². The fourth-order valence-electron chi connectivity index (χ4n) is 2.69. The van der Waals surface area contributed by atoms with Crippen molar-refractivity contribution in [3.05, 3.63) is 34.9 Å². The van der Waals surface area contributed by atoms with E-state index in [1.807, 2.05) is 39.0 Å². The lowest BCUT2D eigenvalue weighted by Crippen LogP contribution is -2.34. The van der Waals surface area contributed by atoms with E-state index in [1.165, 1.54) is 0 Å². The third-order valence-corrected chi connectivity index (χ3v) is 5.15. The number of rotatable bonds is 4. The molecule has 4 nitrogen and oxygen atoms in total. The third kappa shape index (κ3) is 3.71. The van der Waals surface area contributed by atoms with Crippen molar-refractivity contribution in [2.24, 2.45) is 11.3 Å². The average Bonchev–Trinajstić information content (AvgIpc) is 2.39. The van der Waals surface area contributed by atoms with E-state index in [1.54, 1.807) is 13.8 Å². The summed E-state index contributed by atoms with van der Waals surface area (Å²) in [4.78, 5) is 11.3. The lowest BCUT2D eigenvalue weighted by Gasteiger charge is -2.37. The van der Waals surface area contributed by atoms with Gasteiger partial charge < -0.3 is 9.66 Å². The van der Waals surface area contributed by atoms with Gasteiger partial charge >= 0.3 is 5.97 Å². The molecule has 0 amide bonds. The standard InChI is InChI=1S/C16H24O4S/c1-6-11-8-12(9-16(4,5)15(17)18)10(3)14(21(19)20)13(11)7-2/h6-8,10,14H,9H2,1-5H3,(H,17,18)(H,19,20)/p-1/b11-6-,13-7+/t10-,14?/m1/s1. The van der Waals surface area contributed by atoms with E-state index in [0.717, 1.165) is 16.7 Å². The smallest absolute Gasteiger partial charge is 0.309 e. The topological polar surface area (TPSA) is 77.4 Å². The maximum Gasteiger partial charge on any atom is 0.309 e. The molecule has 1 aliphatic carbocycles. The number of carbonyl (C=O) groups is 1. The van der Waals surface area contributed by atoms with Gasteiger partial charge in [-0.2, -0.15) is 0 Å². The Hall–Kier alpha value is -1.20. The van der Waals surface area contributed by atoms with Gasteiger partial charge in [-0.3, -0.25) is 9.00 Å². The highest BCUT2D eigenvalue weighted by molar-refractivity contribution is 7.80. The third-order valence-electron chi connectivity index (χ3n) is 4.07. The van der Waals surface area contributed by atoms with Crippen molar-refractivity contribution in [1.82, 2.24) is 0 Å². The van der Waals surface area contributed by atoms with Gasteiger partial charge in [0.05, 0.1) is 10.7 Å². The summed E-state index contributed by atoms with van der Waals surface area (Å²) in [6.45, 7) is 8.85. The molecular formula is C16H23O4S-. The zero-order chi connectivity index (χ0) is 16.4. The molecular weight excluding hydrogens is 288 g/mol. The SMILES string of the molecule is C/C=C1/C=C(CC(C)(C)C(=O)O)[C@@H](C)C(S(=O)[O-])/C1=C/C. The van der Waals surface area contributed by atoms with Crippen LogP contribution in [0, 0.1) is 11.3 Å². The van der Waals surface area contributed by atoms with Gasteiger partial charge in [0.25, 0.3) is 0 Å². The van der Waals surface area contributed by atoms with Crippen LogP contribution in [0.3, 0.4) is 0 Å².